The van der Waals surface area contributed by atoms with Crippen LogP contribution in [-0.4, -0.2) is 9.55 Å². The maximum absolute atomic E-state index is 4.25. The maximum Gasteiger partial charge on any atom is 0.0798 e. The predicted octanol–water partition coefficient (Wildman–Crippen LogP) is 2.95. The van der Waals surface area contributed by atoms with Gasteiger partial charge in [0.2, 0.25) is 0 Å². The molecule has 0 aromatic carbocycles. The van der Waals surface area contributed by atoms with Crippen LogP contribution in [0.4, 0.5) is 0 Å². The quantitative estimate of drug-likeness (QED) is 0.853. The van der Waals surface area contributed by atoms with E-state index in [0.29, 0.717) is 0 Å². The summed E-state index contributed by atoms with van der Waals surface area (Å²) in [5, 5.41) is 3.48. The molecule has 4 heteroatoms. The van der Waals surface area contributed by atoms with Crippen molar-refractivity contribution < 1.29 is 0 Å². The Labute approximate surface area is 107 Å². The van der Waals surface area contributed by atoms with Crippen LogP contribution in [0.2, 0.25) is 0 Å². The van der Waals surface area contributed by atoms with Crippen LogP contribution in [0.15, 0.2) is 23.8 Å². The minimum absolute atomic E-state index is 0.911. The number of nitrogens with zero attached hydrogens (tertiary/aromatic N) is 2. The van der Waals surface area contributed by atoms with Crippen molar-refractivity contribution in [1.82, 2.24) is 14.9 Å². The summed E-state index contributed by atoms with van der Waals surface area (Å²) in [6, 6.07) is 4.30. The van der Waals surface area contributed by atoms with Crippen molar-refractivity contribution in [2.75, 3.05) is 0 Å². The standard InChI is InChI=1S/C13H19N3S/c1-3-6-16-7-4-5-12(16)8-14-9-13-11(2)15-10-17-13/h4-5,7,10,14H,3,6,8-9H2,1-2H3. The fourth-order valence-electron chi connectivity index (χ4n) is 1.87. The third kappa shape index (κ3) is 3.17. The zero-order chi connectivity index (χ0) is 12.1. The SMILES string of the molecule is CCCn1cccc1CNCc1scnc1C. The van der Waals surface area contributed by atoms with E-state index in [2.05, 4.69) is 47.0 Å². The van der Waals surface area contributed by atoms with Crippen LogP contribution in [0.3, 0.4) is 0 Å². The van der Waals surface area contributed by atoms with Crippen molar-refractivity contribution in [2.24, 2.45) is 0 Å². The molecule has 0 unspecified atom stereocenters. The van der Waals surface area contributed by atoms with Crippen molar-refractivity contribution >= 4 is 11.3 Å². The molecule has 0 aliphatic carbocycles. The predicted molar refractivity (Wildman–Crippen MR) is 72.1 cm³/mol. The highest BCUT2D eigenvalue weighted by atomic mass is 32.1. The third-order valence-corrected chi connectivity index (χ3v) is 3.76. The molecule has 3 nitrogen and oxygen atoms in total. The molecule has 2 heterocycles. The van der Waals surface area contributed by atoms with Gasteiger partial charge in [0.1, 0.15) is 0 Å². The van der Waals surface area contributed by atoms with Gasteiger partial charge in [-0.2, -0.15) is 0 Å². The molecule has 2 aromatic heterocycles. The molecule has 0 radical (unpaired) electrons. The zero-order valence-electron chi connectivity index (χ0n) is 10.4. The Bertz CT molecular complexity index is 459. The fourth-order valence-corrected chi connectivity index (χ4v) is 2.62. The van der Waals surface area contributed by atoms with Crippen LogP contribution in [0.5, 0.6) is 0 Å². The minimum atomic E-state index is 0.911. The van der Waals surface area contributed by atoms with E-state index >= 15 is 0 Å². The van der Waals surface area contributed by atoms with Crippen molar-refractivity contribution in [3.8, 4) is 0 Å². The van der Waals surface area contributed by atoms with Gasteiger partial charge in [0.25, 0.3) is 0 Å². The molecular weight excluding hydrogens is 230 g/mol. The topological polar surface area (TPSA) is 29.9 Å². The van der Waals surface area contributed by atoms with E-state index in [1.54, 1.807) is 11.3 Å². The van der Waals surface area contributed by atoms with Gasteiger partial charge in [-0.1, -0.05) is 6.92 Å². The number of nitrogens with one attached hydrogen (secondary N) is 1. The molecule has 2 aromatic rings. The Balaban J connectivity index is 1.86. The number of aryl methyl sites for hydroxylation is 2. The van der Waals surface area contributed by atoms with Crippen molar-refractivity contribution in [3.05, 3.63) is 40.1 Å². The molecule has 0 saturated carbocycles. The van der Waals surface area contributed by atoms with Gasteiger partial charge in [-0.25, -0.2) is 4.98 Å². The Hall–Kier alpha value is -1.13. The van der Waals surface area contributed by atoms with Crippen LogP contribution in [0.25, 0.3) is 0 Å². The number of hydrogen-bond acceptors (Lipinski definition) is 3. The second-order valence-corrected chi connectivity index (χ2v) is 5.10. The van der Waals surface area contributed by atoms with Crippen molar-refractivity contribution in [1.29, 1.82) is 0 Å². The Morgan fingerprint density at radius 3 is 3.00 bits per heavy atom. The number of hydrogen-bond donors (Lipinski definition) is 1. The van der Waals surface area contributed by atoms with Gasteiger partial charge in [-0.3, -0.25) is 0 Å². The number of rotatable bonds is 6. The molecule has 0 bridgehead atoms. The summed E-state index contributed by atoms with van der Waals surface area (Å²) in [6.07, 6.45) is 3.33. The van der Waals surface area contributed by atoms with Gasteiger partial charge >= 0.3 is 0 Å². The summed E-state index contributed by atoms with van der Waals surface area (Å²) in [7, 11) is 0. The van der Waals surface area contributed by atoms with E-state index < -0.39 is 0 Å². The Morgan fingerprint density at radius 1 is 1.41 bits per heavy atom. The van der Waals surface area contributed by atoms with Gasteiger partial charge in [0.15, 0.2) is 0 Å². The van der Waals surface area contributed by atoms with Crippen LogP contribution < -0.4 is 5.32 Å². The first-order valence-corrected chi connectivity index (χ1v) is 6.93. The molecule has 0 spiro atoms. The first-order valence-electron chi connectivity index (χ1n) is 6.05. The Morgan fingerprint density at radius 2 is 2.29 bits per heavy atom. The largest absolute Gasteiger partial charge is 0.350 e. The second kappa shape index (κ2) is 5.98. The van der Waals surface area contributed by atoms with Gasteiger partial charge in [0, 0.05) is 36.4 Å². The monoisotopic (exact) mass is 249 g/mol. The lowest BCUT2D eigenvalue weighted by atomic mass is 10.3. The van der Waals surface area contributed by atoms with E-state index in [9.17, 15) is 0 Å². The first kappa shape index (κ1) is 12.3. The zero-order valence-corrected chi connectivity index (χ0v) is 11.3. The van der Waals surface area contributed by atoms with Crippen LogP contribution >= 0.6 is 11.3 Å². The first-order chi connectivity index (χ1) is 8.31. The maximum atomic E-state index is 4.25. The molecule has 0 atom stereocenters. The molecular formula is C13H19N3S. The van der Waals surface area contributed by atoms with Gasteiger partial charge in [0.05, 0.1) is 11.2 Å². The average Bonchev–Trinajstić information content (AvgIpc) is 2.90. The number of thiazole rings is 1. The summed E-state index contributed by atoms with van der Waals surface area (Å²) in [5.41, 5.74) is 4.41. The highest BCUT2D eigenvalue weighted by Gasteiger charge is 2.02. The van der Waals surface area contributed by atoms with Crippen LogP contribution in [0.1, 0.15) is 29.6 Å². The van der Waals surface area contributed by atoms with Crippen molar-refractivity contribution in [2.45, 2.75) is 39.9 Å². The van der Waals surface area contributed by atoms with Crippen LogP contribution in [0, 0.1) is 6.92 Å². The average molecular weight is 249 g/mol. The molecule has 0 aliphatic heterocycles. The lowest BCUT2D eigenvalue weighted by molar-refractivity contribution is 0.603. The highest BCUT2D eigenvalue weighted by Crippen LogP contribution is 2.11. The molecule has 0 saturated heterocycles. The Kier molecular flexibility index (Phi) is 4.34. The molecule has 1 N–H and O–H groups in total. The molecule has 0 fully saturated rings. The molecule has 2 rings (SSSR count). The van der Waals surface area contributed by atoms with E-state index in [-0.39, 0.29) is 0 Å². The molecule has 92 valence electrons. The molecule has 17 heavy (non-hydrogen) atoms. The minimum Gasteiger partial charge on any atom is -0.350 e. The van der Waals surface area contributed by atoms with Crippen LogP contribution in [-0.2, 0) is 19.6 Å². The van der Waals surface area contributed by atoms with Crippen molar-refractivity contribution in [3.63, 3.8) is 0 Å². The lowest BCUT2D eigenvalue weighted by Gasteiger charge is -2.08. The third-order valence-electron chi connectivity index (χ3n) is 2.82. The molecule has 0 amide bonds. The summed E-state index contributed by atoms with van der Waals surface area (Å²) in [4.78, 5) is 5.58. The summed E-state index contributed by atoms with van der Waals surface area (Å²) in [6.45, 7) is 7.20. The summed E-state index contributed by atoms with van der Waals surface area (Å²) < 4.78 is 2.31. The van der Waals surface area contributed by atoms with E-state index in [1.807, 2.05) is 5.51 Å². The van der Waals surface area contributed by atoms with E-state index in [1.165, 1.54) is 17.0 Å². The van der Waals surface area contributed by atoms with E-state index in [0.717, 1.165) is 25.3 Å². The fraction of sp³-hybridized carbons (Fsp3) is 0.462. The van der Waals surface area contributed by atoms with Gasteiger partial charge in [-0.15, -0.1) is 11.3 Å². The number of aromatic nitrogens is 2. The summed E-state index contributed by atoms with van der Waals surface area (Å²) in [5.74, 6) is 0. The normalized spacial score (nSPS) is 10.9. The smallest absolute Gasteiger partial charge is 0.0798 e. The summed E-state index contributed by atoms with van der Waals surface area (Å²) >= 11 is 1.72. The highest BCUT2D eigenvalue weighted by molar-refractivity contribution is 7.09. The molecule has 0 aliphatic rings. The van der Waals surface area contributed by atoms with Gasteiger partial charge in [-0.05, 0) is 25.5 Å². The van der Waals surface area contributed by atoms with Gasteiger partial charge < -0.3 is 9.88 Å². The second-order valence-electron chi connectivity index (χ2n) is 4.16. The van der Waals surface area contributed by atoms with E-state index in [4.69, 9.17) is 0 Å². The lowest BCUT2D eigenvalue weighted by Crippen LogP contribution is -2.15.